The summed E-state index contributed by atoms with van der Waals surface area (Å²) in [6, 6.07) is 26.3. The lowest BCUT2D eigenvalue weighted by atomic mass is 10.00. The van der Waals surface area contributed by atoms with E-state index in [4.69, 9.17) is 28.3 Å². The molecule has 5 aromatic rings. The lowest BCUT2D eigenvalue weighted by Gasteiger charge is -2.12. The molecule has 1 amide bonds. The molecule has 2 aromatic heterocycles. The largest absolute Gasteiger partial charge is 0.345 e. The number of nitrogens with zero attached hydrogens (tertiary/aromatic N) is 4. The molecular formula is C27H23Cl2N5O. The van der Waals surface area contributed by atoms with Gasteiger partial charge in [-0.05, 0) is 35.4 Å². The number of amides is 1. The maximum atomic E-state index is 12.9. The summed E-state index contributed by atoms with van der Waals surface area (Å²) in [6.07, 6.45) is 0. The average Bonchev–Trinajstić information content (AvgIpc) is 3.32. The molecule has 1 N–H and O–H groups in total. The molecule has 0 radical (unpaired) electrons. The Labute approximate surface area is 213 Å². The number of rotatable bonds is 5. The van der Waals surface area contributed by atoms with Crippen LogP contribution in [0, 0.1) is 0 Å². The van der Waals surface area contributed by atoms with Gasteiger partial charge in [-0.25, -0.2) is 0 Å². The smallest absolute Gasteiger partial charge is 0.291 e. The number of nitrogens with one attached hydrogen (secondary N) is 1. The van der Waals surface area contributed by atoms with Gasteiger partial charge in [0.2, 0.25) is 5.82 Å². The molecule has 0 aliphatic carbocycles. The van der Waals surface area contributed by atoms with Crippen LogP contribution in [0.4, 0.5) is 0 Å². The second-order valence-corrected chi connectivity index (χ2v) is 8.20. The van der Waals surface area contributed by atoms with Crippen LogP contribution in [0.25, 0.3) is 28.0 Å². The first-order valence-electron chi connectivity index (χ1n) is 11.2. The Morgan fingerprint density at radius 2 is 1.54 bits per heavy atom. The van der Waals surface area contributed by atoms with E-state index in [9.17, 15) is 4.79 Å². The van der Waals surface area contributed by atoms with Crippen molar-refractivity contribution >= 4 is 34.8 Å². The number of carbonyl (C=O) groups excluding carboxylic acids is 1. The van der Waals surface area contributed by atoms with Crippen LogP contribution in [0.1, 0.15) is 30.0 Å². The van der Waals surface area contributed by atoms with E-state index in [-0.39, 0.29) is 11.7 Å². The fourth-order valence-electron chi connectivity index (χ4n) is 3.53. The molecule has 0 unspecified atom stereocenters. The summed E-state index contributed by atoms with van der Waals surface area (Å²) < 4.78 is 1.44. The molecule has 176 valence electrons. The molecule has 0 bridgehead atoms. The molecule has 6 nitrogen and oxygen atoms in total. The first-order chi connectivity index (χ1) is 17.1. The van der Waals surface area contributed by atoms with Gasteiger partial charge in [0, 0.05) is 22.7 Å². The third-order valence-corrected chi connectivity index (χ3v) is 5.76. The highest BCUT2D eigenvalue weighted by Gasteiger charge is 2.20. The van der Waals surface area contributed by atoms with Gasteiger partial charge in [0.25, 0.3) is 5.91 Å². The van der Waals surface area contributed by atoms with E-state index in [1.807, 2.05) is 92.7 Å². The molecule has 0 aliphatic heterocycles. The molecule has 0 spiro atoms. The van der Waals surface area contributed by atoms with Crippen molar-refractivity contribution in [3.63, 3.8) is 0 Å². The summed E-state index contributed by atoms with van der Waals surface area (Å²) in [5.74, 6) is -0.278. The first-order valence-corrected chi connectivity index (χ1v) is 11.9. The molecule has 0 saturated carbocycles. The van der Waals surface area contributed by atoms with Gasteiger partial charge in [-0.3, -0.25) is 4.79 Å². The number of hydrogen-bond donors (Lipinski definition) is 1. The molecule has 0 aliphatic rings. The summed E-state index contributed by atoms with van der Waals surface area (Å²) >= 11 is 12.6. The normalized spacial score (nSPS) is 10.5. The second kappa shape index (κ2) is 11.1. The minimum atomic E-state index is -0.372. The van der Waals surface area contributed by atoms with Crippen molar-refractivity contribution in [3.05, 3.63) is 106 Å². The summed E-state index contributed by atoms with van der Waals surface area (Å²) in [5, 5.41) is 17.1. The number of aromatic nitrogens is 4. The van der Waals surface area contributed by atoms with Crippen LogP contribution in [-0.2, 0) is 6.54 Å². The third-order valence-electron chi connectivity index (χ3n) is 5.18. The van der Waals surface area contributed by atoms with Gasteiger partial charge in [-0.1, -0.05) is 97.7 Å². The van der Waals surface area contributed by atoms with Crippen LogP contribution in [0.2, 0.25) is 10.0 Å². The Morgan fingerprint density at radius 3 is 2.26 bits per heavy atom. The number of hydrogen-bond acceptors (Lipinski definition) is 4. The summed E-state index contributed by atoms with van der Waals surface area (Å²) in [6.45, 7) is 4.37. The molecule has 35 heavy (non-hydrogen) atoms. The second-order valence-electron chi connectivity index (χ2n) is 7.36. The average molecular weight is 504 g/mol. The van der Waals surface area contributed by atoms with Crippen molar-refractivity contribution in [2.24, 2.45) is 0 Å². The number of fused-ring (bicyclic) bond motifs is 1. The predicted molar refractivity (Wildman–Crippen MR) is 141 cm³/mol. The van der Waals surface area contributed by atoms with E-state index >= 15 is 0 Å². The molecule has 3 aromatic carbocycles. The fourth-order valence-corrected chi connectivity index (χ4v) is 3.88. The van der Waals surface area contributed by atoms with E-state index in [2.05, 4.69) is 15.5 Å². The molecule has 5 rings (SSSR count). The van der Waals surface area contributed by atoms with Gasteiger partial charge in [0.15, 0.2) is 5.65 Å². The Hall–Kier alpha value is -3.74. The number of halogens is 2. The van der Waals surface area contributed by atoms with Crippen molar-refractivity contribution in [1.29, 1.82) is 0 Å². The summed E-state index contributed by atoms with van der Waals surface area (Å²) in [4.78, 5) is 12.9. The maximum absolute atomic E-state index is 12.9. The Kier molecular flexibility index (Phi) is 7.75. The molecule has 0 fully saturated rings. The van der Waals surface area contributed by atoms with Crippen LogP contribution in [0.5, 0.6) is 0 Å². The SMILES string of the molecule is CC.O=C(NCc1ccccc1)c1nnc2cc(-c3ccc(Cl)cc3)c(-c3ccccc3Cl)nn12. The zero-order valence-electron chi connectivity index (χ0n) is 19.2. The van der Waals surface area contributed by atoms with Crippen LogP contribution in [0.3, 0.4) is 0 Å². The van der Waals surface area contributed by atoms with Crippen LogP contribution in [-0.4, -0.2) is 25.7 Å². The quantitative estimate of drug-likeness (QED) is 0.288. The molecule has 0 atom stereocenters. The number of carbonyl (C=O) groups is 1. The summed E-state index contributed by atoms with van der Waals surface area (Å²) in [7, 11) is 0. The standard InChI is InChI=1S/C25H17Cl2N5O.C2H6/c26-18-12-10-17(11-13-18)20-14-22-29-30-24(25(33)28-15-16-6-2-1-3-7-16)32(22)31-23(20)19-8-4-5-9-21(19)27;1-2/h1-14H,15H2,(H,28,33);1-2H3. The minimum absolute atomic E-state index is 0.0943. The van der Waals surface area contributed by atoms with E-state index in [0.717, 1.165) is 22.3 Å². The zero-order chi connectivity index (χ0) is 24.8. The molecular weight excluding hydrogens is 481 g/mol. The van der Waals surface area contributed by atoms with Crippen molar-refractivity contribution < 1.29 is 4.79 Å². The van der Waals surface area contributed by atoms with Crippen LogP contribution < -0.4 is 5.32 Å². The van der Waals surface area contributed by atoms with Gasteiger partial charge >= 0.3 is 0 Å². The lowest BCUT2D eigenvalue weighted by Crippen LogP contribution is -2.25. The predicted octanol–water partition coefficient (Wildman–Crippen LogP) is 6.72. The zero-order valence-corrected chi connectivity index (χ0v) is 20.8. The Bertz CT molecular complexity index is 1450. The van der Waals surface area contributed by atoms with Crippen molar-refractivity contribution in [3.8, 4) is 22.4 Å². The molecule has 2 heterocycles. The fraction of sp³-hybridized carbons (Fsp3) is 0.111. The van der Waals surface area contributed by atoms with Gasteiger partial charge in [0.05, 0.1) is 5.02 Å². The minimum Gasteiger partial charge on any atom is -0.345 e. The van der Waals surface area contributed by atoms with Gasteiger partial charge in [0.1, 0.15) is 5.69 Å². The van der Waals surface area contributed by atoms with Gasteiger partial charge < -0.3 is 5.32 Å². The monoisotopic (exact) mass is 503 g/mol. The van der Waals surface area contributed by atoms with Crippen molar-refractivity contribution in [1.82, 2.24) is 25.1 Å². The Balaban J connectivity index is 0.00000141. The number of benzene rings is 3. The van der Waals surface area contributed by atoms with Gasteiger partial charge in [-0.15, -0.1) is 10.2 Å². The molecule has 8 heteroatoms. The molecule has 0 saturated heterocycles. The van der Waals surface area contributed by atoms with E-state index in [0.29, 0.717) is 27.9 Å². The highest BCUT2D eigenvalue weighted by atomic mass is 35.5. The van der Waals surface area contributed by atoms with Crippen LogP contribution in [0.15, 0.2) is 84.9 Å². The van der Waals surface area contributed by atoms with Crippen molar-refractivity contribution in [2.75, 3.05) is 0 Å². The van der Waals surface area contributed by atoms with Gasteiger partial charge in [-0.2, -0.15) is 9.61 Å². The van der Waals surface area contributed by atoms with Crippen LogP contribution >= 0.6 is 23.2 Å². The topological polar surface area (TPSA) is 72.2 Å². The highest BCUT2D eigenvalue weighted by molar-refractivity contribution is 6.33. The van der Waals surface area contributed by atoms with Crippen molar-refractivity contribution in [2.45, 2.75) is 20.4 Å². The van der Waals surface area contributed by atoms with E-state index < -0.39 is 0 Å². The lowest BCUT2D eigenvalue weighted by molar-refractivity contribution is 0.0938. The summed E-state index contributed by atoms with van der Waals surface area (Å²) in [5.41, 5.74) is 4.45. The third kappa shape index (κ3) is 5.34. The highest BCUT2D eigenvalue weighted by Crippen LogP contribution is 2.35. The first kappa shape index (κ1) is 24.4. The Morgan fingerprint density at radius 1 is 0.857 bits per heavy atom. The van der Waals surface area contributed by atoms with E-state index in [1.54, 1.807) is 6.07 Å². The van der Waals surface area contributed by atoms with E-state index in [1.165, 1.54) is 4.52 Å². The maximum Gasteiger partial charge on any atom is 0.291 e.